The van der Waals surface area contributed by atoms with Crippen molar-refractivity contribution in [1.29, 1.82) is 0 Å². The Morgan fingerprint density at radius 3 is 1.61 bits per heavy atom. The predicted molar refractivity (Wildman–Crippen MR) is 154 cm³/mol. The summed E-state index contributed by atoms with van der Waals surface area (Å²) in [5, 5.41) is 5.24. The molecule has 0 aliphatic carbocycles. The zero-order chi connectivity index (χ0) is 26.0. The zero-order valence-electron chi connectivity index (χ0n) is 23.5. The van der Waals surface area contributed by atoms with Crippen molar-refractivity contribution < 1.29 is 9.31 Å². The minimum absolute atomic E-state index is 0.0484. The van der Waals surface area contributed by atoms with Crippen LogP contribution in [0.15, 0.2) is 48.5 Å². The fourth-order valence-corrected chi connectivity index (χ4v) is 5.59. The lowest BCUT2D eigenvalue weighted by molar-refractivity contribution is 0.00578. The lowest BCUT2D eigenvalue weighted by Gasteiger charge is -2.32. The molecule has 186 valence electrons. The van der Waals surface area contributed by atoms with E-state index in [1.165, 1.54) is 49.2 Å². The van der Waals surface area contributed by atoms with Gasteiger partial charge in [-0.25, -0.2) is 0 Å². The van der Waals surface area contributed by atoms with Crippen LogP contribution < -0.4 is 5.46 Å². The maximum absolute atomic E-state index is 6.41. The van der Waals surface area contributed by atoms with E-state index in [-0.39, 0.29) is 29.2 Å². The first-order valence-electron chi connectivity index (χ1n) is 13.2. The van der Waals surface area contributed by atoms with Crippen molar-refractivity contribution in [2.75, 3.05) is 0 Å². The molecule has 0 spiro atoms. The third kappa shape index (κ3) is 3.27. The molecule has 3 heterocycles. The van der Waals surface area contributed by atoms with Crippen LogP contribution in [0.3, 0.4) is 0 Å². The van der Waals surface area contributed by atoms with Crippen molar-refractivity contribution in [3.63, 3.8) is 0 Å². The second-order valence-corrected chi connectivity index (χ2v) is 13.9. The van der Waals surface area contributed by atoms with Crippen LogP contribution >= 0.6 is 0 Å². The maximum Gasteiger partial charge on any atom is 0.494 e. The minimum atomic E-state index is -0.368. The summed E-state index contributed by atoms with van der Waals surface area (Å²) in [6.07, 6.45) is 0. The second kappa shape index (κ2) is 7.05. The van der Waals surface area contributed by atoms with Crippen LogP contribution in [0.4, 0.5) is 0 Å². The van der Waals surface area contributed by atoms with E-state index < -0.39 is 0 Å². The molecule has 5 aromatic rings. The molecule has 1 fully saturated rings. The minimum Gasteiger partial charge on any atom is -0.399 e. The summed E-state index contributed by atoms with van der Waals surface area (Å²) in [4.78, 5) is 0. The Bertz CT molecular complexity index is 1640. The van der Waals surface area contributed by atoms with Gasteiger partial charge in [0.05, 0.1) is 27.8 Å². The lowest BCUT2D eigenvalue weighted by atomic mass is 9.78. The highest BCUT2D eigenvalue weighted by Crippen LogP contribution is 2.43. The average molecular weight is 479 g/mol. The van der Waals surface area contributed by atoms with E-state index in [4.69, 9.17) is 9.31 Å². The Morgan fingerprint density at radius 1 is 0.611 bits per heavy atom. The van der Waals surface area contributed by atoms with Gasteiger partial charge in [0.25, 0.3) is 0 Å². The van der Waals surface area contributed by atoms with Crippen molar-refractivity contribution >= 4 is 50.7 Å². The average Bonchev–Trinajstić information content (AvgIpc) is 3.34. The van der Waals surface area contributed by atoms with Crippen LogP contribution in [-0.4, -0.2) is 22.7 Å². The molecule has 3 aromatic carbocycles. The van der Waals surface area contributed by atoms with E-state index in [9.17, 15) is 0 Å². The largest absolute Gasteiger partial charge is 0.494 e. The molecule has 0 bridgehead atoms. The van der Waals surface area contributed by atoms with Gasteiger partial charge in [-0.2, -0.15) is 0 Å². The van der Waals surface area contributed by atoms with Gasteiger partial charge in [0.2, 0.25) is 0 Å². The molecular formula is C32H38BNO2. The monoisotopic (exact) mass is 479 g/mol. The Morgan fingerprint density at radius 2 is 1.08 bits per heavy atom. The Kier molecular flexibility index (Phi) is 4.67. The maximum atomic E-state index is 6.41. The smallest absolute Gasteiger partial charge is 0.399 e. The number of rotatable bonds is 1. The van der Waals surface area contributed by atoms with Crippen LogP contribution in [0, 0.1) is 0 Å². The molecule has 0 amide bonds. The van der Waals surface area contributed by atoms with Crippen LogP contribution in [0.25, 0.3) is 38.1 Å². The summed E-state index contributed by atoms with van der Waals surface area (Å²) in [7, 11) is -0.368. The molecule has 3 nitrogen and oxygen atoms in total. The van der Waals surface area contributed by atoms with Crippen molar-refractivity contribution in [3.8, 4) is 0 Å². The zero-order valence-corrected chi connectivity index (χ0v) is 23.5. The number of aromatic nitrogens is 1. The molecule has 0 saturated carbocycles. The van der Waals surface area contributed by atoms with Gasteiger partial charge in [-0.1, -0.05) is 59.7 Å². The number of benzene rings is 3. The first-order valence-corrected chi connectivity index (χ1v) is 13.2. The molecule has 1 saturated heterocycles. The first kappa shape index (κ1) is 23.8. The summed E-state index contributed by atoms with van der Waals surface area (Å²) >= 11 is 0. The van der Waals surface area contributed by atoms with Crippen LogP contribution in [0.5, 0.6) is 0 Å². The predicted octanol–water partition coefficient (Wildman–Crippen LogP) is 7.73. The number of nitrogens with zero attached hydrogens (tertiary/aromatic N) is 1. The van der Waals surface area contributed by atoms with Gasteiger partial charge >= 0.3 is 7.12 Å². The molecule has 1 aliphatic heterocycles. The summed E-state index contributed by atoms with van der Waals surface area (Å²) in [5.41, 5.74) is 7.06. The van der Waals surface area contributed by atoms with Crippen molar-refractivity contribution in [3.05, 3.63) is 59.7 Å². The Hall–Kier alpha value is -2.56. The molecular weight excluding hydrogens is 441 g/mol. The Labute approximate surface area is 215 Å². The summed E-state index contributed by atoms with van der Waals surface area (Å²) < 4.78 is 15.3. The Balaban J connectivity index is 1.67. The molecule has 0 atom stereocenters. The van der Waals surface area contributed by atoms with E-state index >= 15 is 0 Å². The molecule has 2 aromatic heterocycles. The second-order valence-electron chi connectivity index (χ2n) is 13.9. The summed E-state index contributed by atoms with van der Waals surface area (Å²) in [5.74, 6) is 0. The van der Waals surface area contributed by atoms with E-state index in [0.717, 1.165) is 5.46 Å². The van der Waals surface area contributed by atoms with Gasteiger partial charge in [-0.05, 0) is 85.4 Å². The van der Waals surface area contributed by atoms with Gasteiger partial charge in [0.1, 0.15) is 0 Å². The van der Waals surface area contributed by atoms with E-state index in [1.807, 2.05) is 0 Å². The molecule has 1 aliphatic rings. The molecule has 0 radical (unpaired) electrons. The fraction of sp³-hybridized carbons (Fsp3) is 0.438. The lowest BCUT2D eigenvalue weighted by Crippen LogP contribution is -2.41. The molecule has 4 heteroatoms. The van der Waals surface area contributed by atoms with Crippen molar-refractivity contribution in [2.24, 2.45) is 0 Å². The summed E-state index contributed by atoms with van der Waals surface area (Å²) in [6.45, 7) is 22.2. The standard InChI is InChI=1S/C32H38BNO2/c1-29(2,3)19-11-13-26-22(15-19)24-16-20(30(4,5)6)17-25-23-18-21(12-14-27(23)34(26)28(24)25)33-35-31(7,8)32(9,10)36-33/h11-18H,1-10H3. The van der Waals surface area contributed by atoms with Gasteiger partial charge in [-0.15, -0.1) is 0 Å². The highest BCUT2D eigenvalue weighted by Gasteiger charge is 2.51. The highest BCUT2D eigenvalue weighted by atomic mass is 16.7. The van der Waals surface area contributed by atoms with Crippen LogP contribution in [0.2, 0.25) is 0 Å². The van der Waals surface area contributed by atoms with Gasteiger partial charge in [0.15, 0.2) is 0 Å². The number of fused-ring (bicyclic) bond motifs is 6. The topological polar surface area (TPSA) is 22.9 Å². The van der Waals surface area contributed by atoms with Gasteiger partial charge < -0.3 is 13.7 Å². The molecule has 36 heavy (non-hydrogen) atoms. The number of hydrogen-bond donors (Lipinski definition) is 0. The quantitative estimate of drug-likeness (QED) is 0.230. The third-order valence-electron chi connectivity index (χ3n) is 8.67. The molecule has 6 rings (SSSR count). The number of hydrogen-bond acceptors (Lipinski definition) is 2. The first-order chi connectivity index (χ1) is 16.6. The SMILES string of the molecule is CC(C)(C)c1ccc2c(c1)c1cc(C(C)(C)C)cc3c4cc(B5OC(C)(C)C(C)(C)O5)ccc4n2c31. The van der Waals surface area contributed by atoms with E-state index in [0.29, 0.717) is 0 Å². The molecule has 0 unspecified atom stereocenters. The summed E-state index contributed by atoms with van der Waals surface area (Å²) in [6, 6.07) is 18.6. The fourth-order valence-electron chi connectivity index (χ4n) is 5.59. The third-order valence-corrected chi connectivity index (χ3v) is 8.67. The molecule has 0 N–H and O–H groups in total. The van der Waals surface area contributed by atoms with Gasteiger partial charge in [-0.3, -0.25) is 0 Å². The normalized spacial score (nSPS) is 18.4. The van der Waals surface area contributed by atoms with E-state index in [2.05, 4.69) is 122 Å². The van der Waals surface area contributed by atoms with Crippen molar-refractivity contribution in [2.45, 2.75) is 91.3 Å². The van der Waals surface area contributed by atoms with E-state index in [1.54, 1.807) is 0 Å². The highest BCUT2D eigenvalue weighted by molar-refractivity contribution is 6.62. The van der Waals surface area contributed by atoms with Crippen LogP contribution in [0.1, 0.15) is 80.4 Å². The van der Waals surface area contributed by atoms with Crippen LogP contribution in [-0.2, 0) is 20.1 Å². The van der Waals surface area contributed by atoms with Crippen molar-refractivity contribution in [1.82, 2.24) is 4.40 Å². The van der Waals surface area contributed by atoms with Gasteiger partial charge in [0, 0.05) is 21.5 Å².